The van der Waals surface area contributed by atoms with E-state index in [-0.39, 0.29) is 12.7 Å². The molecule has 2 atom stereocenters. The summed E-state index contributed by atoms with van der Waals surface area (Å²) in [6, 6.07) is 9.92. The Morgan fingerprint density at radius 3 is 2.72 bits per heavy atom. The summed E-state index contributed by atoms with van der Waals surface area (Å²) >= 11 is 5.60. The molecule has 4 heteroatoms. The third-order valence-corrected chi connectivity index (χ3v) is 2.64. The van der Waals surface area contributed by atoms with Gasteiger partial charge in [-0.05, 0) is 12.5 Å². The zero-order valence-electron chi connectivity index (χ0n) is 10.6. The lowest BCUT2D eigenvalue weighted by Gasteiger charge is -2.17. The van der Waals surface area contributed by atoms with Crippen molar-refractivity contribution < 1.29 is 9.84 Å². The van der Waals surface area contributed by atoms with Crippen molar-refractivity contribution in [3.05, 3.63) is 47.5 Å². The zero-order valence-corrected chi connectivity index (χ0v) is 11.4. The SMILES string of the molecule is C=C(Cl)CNCC(O)COC(C)c1ccccc1. The molecular formula is C14H20ClNO2. The first-order valence-corrected chi connectivity index (χ1v) is 6.36. The number of hydrogen-bond donors (Lipinski definition) is 2. The highest BCUT2D eigenvalue weighted by molar-refractivity contribution is 6.29. The Morgan fingerprint density at radius 2 is 2.11 bits per heavy atom. The van der Waals surface area contributed by atoms with Gasteiger partial charge in [-0.3, -0.25) is 0 Å². The Balaban J connectivity index is 2.22. The predicted molar refractivity (Wildman–Crippen MR) is 74.7 cm³/mol. The number of ether oxygens (including phenoxy) is 1. The van der Waals surface area contributed by atoms with Gasteiger partial charge in [0.25, 0.3) is 0 Å². The summed E-state index contributed by atoms with van der Waals surface area (Å²) < 4.78 is 5.60. The Hall–Kier alpha value is -0.870. The van der Waals surface area contributed by atoms with Crippen molar-refractivity contribution in [3.8, 4) is 0 Å². The molecule has 0 heterocycles. The maximum Gasteiger partial charge on any atom is 0.0898 e. The summed E-state index contributed by atoms with van der Waals surface area (Å²) in [5.74, 6) is 0. The van der Waals surface area contributed by atoms with Crippen LogP contribution in [0.3, 0.4) is 0 Å². The molecule has 0 radical (unpaired) electrons. The van der Waals surface area contributed by atoms with Crippen LogP contribution in [0.15, 0.2) is 41.9 Å². The highest BCUT2D eigenvalue weighted by Crippen LogP contribution is 2.15. The van der Waals surface area contributed by atoms with Crippen LogP contribution >= 0.6 is 11.6 Å². The maximum absolute atomic E-state index is 9.70. The summed E-state index contributed by atoms with van der Waals surface area (Å²) in [6.07, 6.45) is -0.573. The van der Waals surface area contributed by atoms with E-state index in [0.717, 1.165) is 5.56 Å². The van der Waals surface area contributed by atoms with Gasteiger partial charge >= 0.3 is 0 Å². The topological polar surface area (TPSA) is 41.5 Å². The molecule has 0 fully saturated rings. The molecule has 18 heavy (non-hydrogen) atoms. The van der Waals surface area contributed by atoms with Crippen molar-refractivity contribution in [2.75, 3.05) is 19.7 Å². The number of rotatable bonds is 8. The van der Waals surface area contributed by atoms with E-state index in [4.69, 9.17) is 16.3 Å². The summed E-state index contributed by atoms with van der Waals surface area (Å²) in [5.41, 5.74) is 1.10. The first kappa shape index (κ1) is 15.2. The Morgan fingerprint density at radius 1 is 1.44 bits per heavy atom. The van der Waals surface area contributed by atoms with Gasteiger partial charge < -0.3 is 15.2 Å². The fraction of sp³-hybridized carbons (Fsp3) is 0.429. The van der Waals surface area contributed by atoms with Crippen molar-refractivity contribution in [1.29, 1.82) is 0 Å². The van der Waals surface area contributed by atoms with Gasteiger partial charge in [0, 0.05) is 18.1 Å². The number of hydrogen-bond acceptors (Lipinski definition) is 3. The van der Waals surface area contributed by atoms with E-state index in [0.29, 0.717) is 18.1 Å². The van der Waals surface area contributed by atoms with Crippen molar-refractivity contribution in [2.45, 2.75) is 19.1 Å². The van der Waals surface area contributed by atoms with E-state index in [2.05, 4.69) is 11.9 Å². The minimum absolute atomic E-state index is 0.0242. The average Bonchev–Trinajstić information content (AvgIpc) is 2.36. The maximum atomic E-state index is 9.70. The molecule has 2 unspecified atom stereocenters. The molecule has 100 valence electrons. The first-order valence-electron chi connectivity index (χ1n) is 5.98. The van der Waals surface area contributed by atoms with E-state index < -0.39 is 6.10 Å². The van der Waals surface area contributed by atoms with Gasteiger partial charge in [-0.1, -0.05) is 48.5 Å². The lowest BCUT2D eigenvalue weighted by Crippen LogP contribution is -2.31. The minimum Gasteiger partial charge on any atom is -0.389 e. The number of aliphatic hydroxyl groups is 1. The Kier molecular flexibility index (Phi) is 6.98. The third kappa shape index (κ3) is 6.17. The largest absolute Gasteiger partial charge is 0.389 e. The van der Waals surface area contributed by atoms with E-state index in [1.165, 1.54) is 0 Å². The molecule has 3 nitrogen and oxygen atoms in total. The van der Waals surface area contributed by atoms with Gasteiger partial charge in [-0.2, -0.15) is 0 Å². The number of benzene rings is 1. The van der Waals surface area contributed by atoms with E-state index in [1.54, 1.807) is 0 Å². The summed E-state index contributed by atoms with van der Waals surface area (Å²) in [6.45, 7) is 6.74. The highest BCUT2D eigenvalue weighted by Gasteiger charge is 2.09. The lowest BCUT2D eigenvalue weighted by atomic mass is 10.1. The smallest absolute Gasteiger partial charge is 0.0898 e. The standard InChI is InChI=1S/C14H20ClNO2/c1-11(15)8-16-9-14(17)10-18-12(2)13-6-4-3-5-7-13/h3-7,12,14,16-17H,1,8-10H2,2H3. The van der Waals surface area contributed by atoms with Crippen LogP contribution in [-0.2, 0) is 4.74 Å². The van der Waals surface area contributed by atoms with E-state index in [1.807, 2.05) is 37.3 Å². The van der Waals surface area contributed by atoms with Crippen LogP contribution in [0.1, 0.15) is 18.6 Å². The van der Waals surface area contributed by atoms with Crippen molar-refractivity contribution in [2.24, 2.45) is 0 Å². The fourth-order valence-corrected chi connectivity index (χ4v) is 1.60. The van der Waals surface area contributed by atoms with E-state index >= 15 is 0 Å². The lowest BCUT2D eigenvalue weighted by molar-refractivity contribution is -0.00172. The van der Waals surface area contributed by atoms with Crippen LogP contribution in [-0.4, -0.2) is 30.9 Å². The van der Waals surface area contributed by atoms with Crippen molar-refractivity contribution in [1.82, 2.24) is 5.32 Å². The molecule has 1 rings (SSSR count). The molecular weight excluding hydrogens is 250 g/mol. The van der Waals surface area contributed by atoms with Gasteiger partial charge in [0.05, 0.1) is 18.8 Å². The molecule has 1 aromatic rings. The first-order chi connectivity index (χ1) is 8.59. The molecule has 0 aliphatic rings. The van der Waals surface area contributed by atoms with Gasteiger partial charge in [-0.15, -0.1) is 0 Å². The number of nitrogens with one attached hydrogen (secondary N) is 1. The minimum atomic E-state index is -0.549. The monoisotopic (exact) mass is 269 g/mol. The average molecular weight is 270 g/mol. The summed E-state index contributed by atoms with van der Waals surface area (Å²) in [4.78, 5) is 0. The second-order valence-corrected chi connectivity index (χ2v) is 4.72. The van der Waals surface area contributed by atoms with Crippen LogP contribution in [0.2, 0.25) is 0 Å². The van der Waals surface area contributed by atoms with Crippen LogP contribution in [0.5, 0.6) is 0 Å². The van der Waals surface area contributed by atoms with Crippen molar-refractivity contribution in [3.63, 3.8) is 0 Å². The molecule has 0 saturated carbocycles. The molecule has 0 aliphatic heterocycles. The van der Waals surface area contributed by atoms with Gasteiger partial charge in [0.1, 0.15) is 0 Å². The quantitative estimate of drug-likeness (QED) is 0.762. The van der Waals surface area contributed by atoms with Crippen LogP contribution in [0.4, 0.5) is 0 Å². The van der Waals surface area contributed by atoms with Gasteiger partial charge in [-0.25, -0.2) is 0 Å². The summed E-state index contributed by atoms with van der Waals surface area (Å²) in [7, 11) is 0. The van der Waals surface area contributed by atoms with Crippen molar-refractivity contribution >= 4 is 11.6 Å². The molecule has 1 aromatic carbocycles. The molecule has 0 spiro atoms. The van der Waals surface area contributed by atoms with Crippen LogP contribution in [0, 0.1) is 0 Å². The second-order valence-electron chi connectivity index (χ2n) is 4.19. The highest BCUT2D eigenvalue weighted by atomic mass is 35.5. The molecule has 0 aliphatic carbocycles. The second kappa shape index (κ2) is 8.27. The predicted octanol–water partition coefficient (Wildman–Crippen LogP) is 2.47. The third-order valence-electron chi connectivity index (χ3n) is 2.50. The number of halogens is 1. The molecule has 0 bridgehead atoms. The normalized spacial score (nSPS) is 14.2. The van der Waals surface area contributed by atoms with E-state index in [9.17, 15) is 5.11 Å². The fourth-order valence-electron chi connectivity index (χ4n) is 1.51. The molecule has 2 N–H and O–H groups in total. The van der Waals surface area contributed by atoms with Crippen LogP contribution in [0.25, 0.3) is 0 Å². The van der Waals surface area contributed by atoms with Crippen LogP contribution < -0.4 is 5.32 Å². The Labute approximate surface area is 113 Å². The molecule has 0 aromatic heterocycles. The Bertz CT molecular complexity index is 356. The molecule has 0 saturated heterocycles. The zero-order chi connectivity index (χ0) is 13.4. The molecule has 0 amide bonds. The summed E-state index contributed by atoms with van der Waals surface area (Å²) in [5, 5.41) is 13.2. The number of aliphatic hydroxyl groups excluding tert-OH is 1. The van der Waals surface area contributed by atoms with Gasteiger partial charge in [0.2, 0.25) is 0 Å². The van der Waals surface area contributed by atoms with Gasteiger partial charge in [0.15, 0.2) is 0 Å².